The molecular weight excluding hydrogens is 246 g/mol. The summed E-state index contributed by atoms with van der Waals surface area (Å²) in [4.78, 5) is 19.7. The van der Waals surface area contributed by atoms with Crippen LogP contribution in [0.15, 0.2) is 24.7 Å². The molecule has 0 aliphatic heterocycles. The van der Waals surface area contributed by atoms with Gasteiger partial charge in [0.05, 0.1) is 18.1 Å². The predicted molar refractivity (Wildman–Crippen MR) is 69.1 cm³/mol. The number of carbonyl (C=O) groups excluding carboxylic acids is 1. The summed E-state index contributed by atoms with van der Waals surface area (Å²) in [5.74, 6) is 5.26. The van der Waals surface area contributed by atoms with Crippen molar-refractivity contribution >= 4 is 11.7 Å². The van der Waals surface area contributed by atoms with Crippen molar-refractivity contribution in [1.29, 1.82) is 0 Å². The molecule has 0 aliphatic rings. The van der Waals surface area contributed by atoms with E-state index in [9.17, 15) is 4.79 Å². The van der Waals surface area contributed by atoms with Gasteiger partial charge < -0.3 is 10.7 Å². The lowest BCUT2D eigenvalue weighted by Gasteiger charge is -2.04. The number of nitrogens with one attached hydrogen (secondary N) is 2. The maximum atomic E-state index is 11.8. The van der Waals surface area contributed by atoms with E-state index in [1.54, 1.807) is 4.68 Å². The van der Waals surface area contributed by atoms with E-state index in [4.69, 9.17) is 5.84 Å². The molecule has 0 saturated heterocycles. The van der Waals surface area contributed by atoms with E-state index in [0.29, 0.717) is 18.8 Å². The Labute approximate surface area is 110 Å². The van der Waals surface area contributed by atoms with Gasteiger partial charge in [-0.05, 0) is 6.07 Å². The van der Waals surface area contributed by atoms with Crippen LogP contribution < -0.4 is 16.6 Å². The first kappa shape index (κ1) is 13.0. The third-order valence-corrected chi connectivity index (χ3v) is 2.45. The number of amides is 1. The standard InChI is InChI=1S/C11H15N7O/c1-18-5-3-8(17-18)2-4-14-11(19)9-6-13-7-10(15-9)16-12/h3,5-7H,2,4,12H2,1H3,(H,14,19)(H,15,16). The molecule has 1 amide bonds. The van der Waals surface area contributed by atoms with Crippen molar-refractivity contribution < 1.29 is 4.79 Å². The van der Waals surface area contributed by atoms with Gasteiger partial charge in [-0.25, -0.2) is 10.8 Å². The van der Waals surface area contributed by atoms with Gasteiger partial charge in [-0.2, -0.15) is 5.10 Å². The fourth-order valence-electron chi connectivity index (χ4n) is 1.54. The number of nitrogens with zero attached hydrogens (tertiary/aromatic N) is 4. The van der Waals surface area contributed by atoms with Crippen molar-refractivity contribution in [2.45, 2.75) is 6.42 Å². The van der Waals surface area contributed by atoms with Crippen molar-refractivity contribution in [3.05, 3.63) is 36.0 Å². The minimum absolute atomic E-state index is 0.219. The molecule has 100 valence electrons. The quantitative estimate of drug-likeness (QED) is 0.493. The first-order valence-electron chi connectivity index (χ1n) is 5.74. The van der Waals surface area contributed by atoms with E-state index in [1.807, 2.05) is 19.3 Å². The van der Waals surface area contributed by atoms with E-state index < -0.39 is 0 Å². The fraction of sp³-hybridized carbons (Fsp3) is 0.273. The molecule has 2 aromatic heterocycles. The van der Waals surface area contributed by atoms with Crippen LogP contribution in [-0.4, -0.2) is 32.2 Å². The smallest absolute Gasteiger partial charge is 0.271 e. The highest BCUT2D eigenvalue weighted by Gasteiger charge is 2.08. The topological polar surface area (TPSA) is 111 Å². The second kappa shape index (κ2) is 5.91. The molecule has 0 atom stereocenters. The van der Waals surface area contributed by atoms with E-state index in [0.717, 1.165) is 5.69 Å². The van der Waals surface area contributed by atoms with Crippen LogP contribution in [0, 0.1) is 0 Å². The first-order valence-corrected chi connectivity index (χ1v) is 5.74. The number of hydrogen-bond acceptors (Lipinski definition) is 6. The molecule has 2 aromatic rings. The van der Waals surface area contributed by atoms with Gasteiger partial charge in [0, 0.05) is 26.2 Å². The third-order valence-electron chi connectivity index (χ3n) is 2.45. The van der Waals surface area contributed by atoms with Gasteiger partial charge in [-0.1, -0.05) is 0 Å². The number of hydrogen-bond donors (Lipinski definition) is 3. The Morgan fingerprint density at radius 1 is 1.47 bits per heavy atom. The zero-order chi connectivity index (χ0) is 13.7. The van der Waals surface area contributed by atoms with Crippen LogP contribution in [0.2, 0.25) is 0 Å². The van der Waals surface area contributed by atoms with E-state index in [1.165, 1.54) is 12.4 Å². The Morgan fingerprint density at radius 3 is 3.00 bits per heavy atom. The summed E-state index contributed by atoms with van der Waals surface area (Å²) in [6.45, 7) is 0.484. The van der Waals surface area contributed by atoms with Gasteiger partial charge in [-0.3, -0.25) is 14.5 Å². The van der Waals surface area contributed by atoms with Crippen LogP contribution in [0.3, 0.4) is 0 Å². The maximum Gasteiger partial charge on any atom is 0.271 e. The van der Waals surface area contributed by atoms with Crippen LogP contribution in [0.5, 0.6) is 0 Å². The summed E-state index contributed by atoms with van der Waals surface area (Å²) in [5.41, 5.74) is 3.48. The molecule has 8 heteroatoms. The van der Waals surface area contributed by atoms with Crippen LogP contribution >= 0.6 is 0 Å². The number of nitrogen functional groups attached to an aromatic ring is 1. The predicted octanol–water partition coefficient (Wildman–Crippen LogP) is -0.532. The lowest BCUT2D eigenvalue weighted by Crippen LogP contribution is -2.27. The number of hydrazine groups is 1. The second-order valence-corrected chi connectivity index (χ2v) is 3.92. The molecule has 0 unspecified atom stereocenters. The van der Waals surface area contributed by atoms with E-state index >= 15 is 0 Å². The van der Waals surface area contributed by atoms with Gasteiger partial charge in [-0.15, -0.1) is 0 Å². The lowest BCUT2D eigenvalue weighted by atomic mass is 10.3. The van der Waals surface area contributed by atoms with Crippen molar-refractivity contribution in [3.8, 4) is 0 Å². The summed E-state index contributed by atoms with van der Waals surface area (Å²) in [6, 6.07) is 1.91. The zero-order valence-electron chi connectivity index (χ0n) is 10.5. The molecule has 0 aromatic carbocycles. The molecule has 0 radical (unpaired) electrons. The van der Waals surface area contributed by atoms with Crippen LogP contribution in [0.1, 0.15) is 16.2 Å². The van der Waals surface area contributed by atoms with Crippen molar-refractivity contribution in [3.63, 3.8) is 0 Å². The molecule has 19 heavy (non-hydrogen) atoms. The van der Waals surface area contributed by atoms with Gasteiger partial charge in [0.15, 0.2) is 5.82 Å². The maximum absolute atomic E-state index is 11.8. The van der Waals surface area contributed by atoms with E-state index in [-0.39, 0.29) is 11.6 Å². The number of aromatic nitrogens is 4. The summed E-state index contributed by atoms with van der Waals surface area (Å²) >= 11 is 0. The molecule has 0 saturated carbocycles. The SMILES string of the molecule is Cn1ccc(CCNC(=O)c2cncc(NN)n2)n1. The molecule has 2 rings (SSSR count). The molecule has 0 aliphatic carbocycles. The Morgan fingerprint density at radius 2 is 2.32 bits per heavy atom. The molecule has 0 spiro atoms. The van der Waals surface area contributed by atoms with Gasteiger partial charge in [0.1, 0.15) is 5.69 Å². The summed E-state index contributed by atoms with van der Waals surface area (Å²) in [6.07, 6.45) is 5.34. The Hall–Kier alpha value is -2.48. The number of rotatable bonds is 5. The number of carbonyl (C=O) groups is 1. The number of anilines is 1. The average molecular weight is 261 g/mol. The molecule has 8 nitrogen and oxygen atoms in total. The average Bonchev–Trinajstić information content (AvgIpc) is 2.84. The minimum Gasteiger partial charge on any atom is -0.350 e. The molecule has 0 fully saturated rings. The monoisotopic (exact) mass is 261 g/mol. The van der Waals surface area contributed by atoms with Gasteiger partial charge >= 0.3 is 0 Å². The molecule has 4 N–H and O–H groups in total. The Balaban J connectivity index is 1.87. The highest BCUT2D eigenvalue weighted by atomic mass is 16.1. The third kappa shape index (κ3) is 3.49. The molecule has 0 bridgehead atoms. The summed E-state index contributed by atoms with van der Waals surface area (Å²) in [7, 11) is 1.85. The fourth-order valence-corrected chi connectivity index (χ4v) is 1.54. The van der Waals surface area contributed by atoms with Crippen LogP contribution in [0.4, 0.5) is 5.82 Å². The summed E-state index contributed by atoms with van der Waals surface area (Å²) < 4.78 is 1.72. The van der Waals surface area contributed by atoms with Crippen LogP contribution in [-0.2, 0) is 13.5 Å². The number of nitrogens with two attached hydrogens (primary N) is 1. The zero-order valence-corrected chi connectivity index (χ0v) is 10.5. The minimum atomic E-state index is -0.291. The summed E-state index contributed by atoms with van der Waals surface area (Å²) in [5, 5.41) is 6.97. The highest BCUT2D eigenvalue weighted by Crippen LogP contribution is 2.00. The largest absolute Gasteiger partial charge is 0.350 e. The number of aryl methyl sites for hydroxylation is 1. The van der Waals surface area contributed by atoms with Gasteiger partial charge in [0.25, 0.3) is 5.91 Å². The lowest BCUT2D eigenvalue weighted by molar-refractivity contribution is 0.0949. The Kier molecular flexibility index (Phi) is 4.04. The van der Waals surface area contributed by atoms with Gasteiger partial charge in [0.2, 0.25) is 0 Å². The van der Waals surface area contributed by atoms with E-state index in [2.05, 4.69) is 25.8 Å². The first-order chi connectivity index (χ1) is 9.19. The molecule has 2 heterocycles. The van der Waals surface area contributed by atoms with Crippen molar-refractivity contribution in [2.24, 2.45) is 12.9 Å². The molecular formula is C11H15N7O. The Bertz CT molecular complexity index is 566. The second-order valence-electron chi connectivity index (χ2n) is 3.92. The van der Waals surface area contributed by atoms with Crippen molar-refractivity contribution in [1.82, 2.24) is 25.1 Å². The van der Waals surface area contributed by atoms with Crippen molar-refractivity contribution in [2.75, 3.05) is 12.0 Å². The normalized spacial score (nSPS) is 10.2. The van der Waals surface area contributed by atoms with Crippen LogP contribution in [0.25, 0.3) is 0 Å². The highest BCUT2D eigenvalue weighted by molar-refractivity contribution is 5.92.